The summed E-state index contributed by atoms with van der Waals surface area (Å²) in [6.07, 6.45) is 2.78. The van der Waals surface area contributed by atoms with Crippen molar-refractivity contribution < 1.29 is 4.39 Å². The largest absolute Gasteiger partial charge is 0.382 e. The van der Waals surface area contributed by atoms with Gasteiger partial charge in [-0.1, -0.05) is 24.3 Å². The summed E-state index contributed by atoms with van der Waals surface area (Å²) in [5, 5.41) is 9.06. The molecule has 2 aromatic heterocycles. The van der Waals surface area contributed by atoms with E-state index in [4.69, 9.17) is 5.73 Å². The highest BCUT2D eigenvalue weighted by atomic mass is 32.1. The second-order valence-electron chi connectivity index (χ2n) is 4.88. The Bertz CT molecular complexity index is 719. The molecule has 0 bridgehead atoms. The average molecular weight is 301 g/mol. The number of benzene rings is 1. The molecule has 0 saturated carbocycles. The molecule has 0 unspecified atom stereocenters. The molecule has 0 amide bonds. The Morgan fingerprint density at radius 1 is 1.14 bits per heavy atom. The van der Waals surface area contributed by atoms with Gasteiger partial charge in [0.25, 0.3) is 0 Å². The smallest absolute Gasteiger partial charge is 0.153 e. The molecule has 0 spiro atoms. The van der Waals surface area contributed by atoms with Gasteiger partial charge < -0.3 is 5.73 Å². The number of H-pyrrole nitrogens is 1. The van der Waals surface area contributed by atoms with Crippen LogP contribution < -0.4 is 5.73 Å². The van der Waals surface area contributed by atoms with Crippen LogP contribution in [0.5, 0.6) is 0 Å². The van der Waals surface area contributed by atoms with Crippen molar-refractivity contribution in [1.82, 2.24) is 10.2 Å². The van der Waals surface area contributed by atoms with Crippen LogP contribution in [0, 0.1) is 5.82 Å². The van der Waals surface area contributed by atoms with Crippen molar-refractivity contribution >= 4 is 17.2 Å². The maximum absolute atomic E-state index is 14.0. The van der Waals surface area contributed by atoms with E-state index < -0.39 is 0 Å². The zero-order valence-corrected chi connectivity index (χ0v) is 12.3. The molecule has 0 aliphatic carbocycles. The number of thiophene rings is 1. The number of aromatic nitrogens is 2. The van der Waals surface area contributed by atoms with E-state index in [0.29, 0.717) is 16.9 Å². The van der Waals surface area contributed by atoms with Crippen LogP contribution in [-0.4, -0.2) is 10.2 Å². The van der Waals surface area contributed by atoms with Gasteiger partial charge in [-0.3, -0.25) is 5.10 Å². The number of nitrogen functional groups attached to an aromatic ring is 1. The molecule has 3 rings (SSSR count). The molecular formula is C16H16FN3S. The molecule has 0 aliphatic heterocycles. The molecule has 1 aromatic carbocycles. The van der Waals surface area contributed by atoms with Gasteiger partial charge in [0, 0.05) is 21.7 Å². The molecule has 108 valence electrons. The Kier molecular flexibility index (Phi) is 4.01. The van der Waals surface area contributed by atoms with E-state index in [9.17, 15) is 4.39 Å². The van der Waals surface area contributed by atoms with E-state index in [1.54, 1.807) is 29.5 Å². The highest BCUT2D eigenvalue weighted by Crippen LogP contribution is 2.30. The SMILES string of the molecule is Nc1n[nH]c(CCCc2cccs2)c1-c1ccccc1F. The highest BCUT2D eigenvalue weighted by Gasteiger charge is 2.15. The number of halogens is 1. The van der Waals surface area contributed by atoms with E-state index in [1.165, 1.54) is 10.9 Å². The summed E-state index contributed by atoms with van der Waals surface area (Å²) < 4.78 is 14.0. The Labute approximate surface area is 126 Å². The number of nitrogens with one attached hydrogen (secondary N) is 1. The molecule has 0 atom stereocenters. The fourth-order valence-corrected chi connectivity index (χ4v) is 3.18. The van der Waals surface area contributed by atoms with Crippen molar-refractivity contribution in [2.75, 3.05) is 5.73 Å². The zero-order chi connectivity index (χ0) is 14.7. The minimum Gasteiger partial charge on any atom is -0.382 e. The summed E-state index contributed by atoms with van der Waals surface area (Å²) in [5.74, 6) is 0.0799. The lowest BCUT2D eigenvalue weighted by molar-refractivity contribution is 0.631. The standard InChI is InChI=1S/C16H16FN3S/c17-13-8-2-1-7-12(13)15-14(19-20-16(15)18)9-3-5-11-6-4-10-21-11/h1-2,4,6-8,10H,3,5,9H2,(H3,18,19,20). The first kappa shape index (κ1) is 13.8. The zero-order valence-electron chi connectivity index (χ0n) is 11.5. The quantitative estimate of drug-likeness (QED) is 0.747. The van der Waals surface area contributed by atoms with Crippen LogP contribution in [-0.2, 0) is 12.8 Å². The lowest BCUT2D eigenvalue weighted by Gasteiger charge is -2.05. The first-order valence-corrected chi connectivity index (χ1v) is 7.73. The van der Waals surface area contributed by atoms with Crippen LogP contribution in [0.2, 0.25) is 0 Å². The Morgan fingerprint density at radius 3 is 2.76 bits per heavy atom. The van der Waals surface area contributed by atoms with E-state index in [2.05, 4.69) is 27.7 Å². The maximum atomic E-state index is 14.0. The molecular weight excluding hydrogens is 285 g/mol. The minimum absolute atomic E-state index is 0.273. The Balaban J connectivity index is 1.79. The first-order chi connectivity index (χ1) is 10.3. The summed E-state index contributed by atoms with van der Waals surface area (Å²) in [4.78, 5) is 1.36. The van der Waals surface area contributed by atoms with E-state index in [1.807, 2.05) is 0 Å². The summed E-state index contributed by atoms with van der Waals surface area (Å²) >= 11 is 1.76. The van der Waals surface area contributed by atoms with Crippen molar-refractivity contribution in [2.24, 2.45) is 0 Å². The van der Waals surface area contributed by atoms with Crippen LogP contribution in [0.15, 0.2) is 41.8 Å². The number of hydrogen-bond acceptors (Lipinski definition) is 3. The fourth-order valence-electron chi connectivity index (χ4n) is 2.43. The minimum atomic E-state index is -0.273. The summed E-state index contributed by atoms with van der Waals surface area (Å²) in [6, 6.07) is 10.8. The van der Waals surface area contributed by atoms with Gasteiger partial charge in [0.1, 0.15) is 5.82 Å². The number of rotatable bonds is 5. The molecule has 0 saturated heterocycles. The van der Waals surface area contributed by atoms with Gasteiger partial charge in [-0.05, 0) is 36.8 Å². The topological polar surface area (TPSA) is 54.7 Å². The van der Waals surface area contributed by atoms with Gasteiger partial charge in [0.05, 0.1) is 0 Å². The molecule has 3 aromatic rings. The van der Waals surface area contributed by atoms with Crippen LogP contribution >= 0.6 is 11.3 Å². The van der Waals surface area contributed by atoms with Gasteiger partial charge in [-0.15, -0.1) is 11.3 Å². The van der Waals surface area contributed by atoms with Gasteiger partial charge in [0.2, 0.25) is 0 Å². The van der Waals surface area contributed by atoms with Crippen molar-refractivity contribution in [3.8, 4) is 11.1 Å². The fraction of sp³-hybridized carbons (Fsp3) is 0.188. The molecule has 5 heteroatoms. The lowest BCUT2D eigenvalue weighted by Crippen LogP contribution is -1.95. The van der Waals surface area contributed by atoms with Crippen LogP contribution in [0.1, 0.15) is 17.0 Å². The van der Waals surface area contributed by atoms with Gasteiger partial charge in [0.15, 0.2) is 5.82 Å². The van der Waals surface area contributed by atoms with E-state index in [-0.39, 0.29) is 5.82 Å². The number of aromatic amines is 1. The number of aryl methyl sites for hydroxylation is 2. The van der Waals surface area contributed by atoms with Gasteiger partial charge >= 0.3 is 0 Å². The Morgan fingerprint density at radius 2 is 2.00 bits per heavy atom. The molecule has 0 fully saturated rings. The second-order valence-corrected chi connectivity index (χ2v) is 5.91. The third kappa shape index (κ3) is 2.97. The van der Waals surface area contributed by atoms with Gasteiger partial charge in [-0.2, -0.15) is 5.10 Å². The number of nitrogens with zero attached hydrogens (tertiary/aromatic N) is 1. The molecule has 3 N–H and O–H groups in total. The van der Waals surface area contributed by atoms with E-state index >= 15 is 0 Å². The average Bonchev–Trinajstić information content (AvgIpc) is 3.11. The number of anilines is 1. The van der Waals surface area contributed by atoms with E-state index in [0.717, 1.165) is 25.0 Å². The summed E-state index contributed by atoms with van der Waals surface area (Å²) in [6.45, 7) is 0. The van der Waals surface area contributed by atoms with Crippen molar-refractivity contribution in [3.05, 3.63) is 58.2 Å². The molecule has 0 aliphatic rings. The molecule has 0 radical (unpaired) electrons. The lowest BCUT2D eigenvalue weighted by atomic mass is 10.0. The molecule has 21 heavy (non-hydrogen) atoms. The molecule has 3 nitrogen and oxygen atoms in total. The van der Waals surface area contributed by atoms with Crippen molar-refractivity contribution in [2.45, 2.75) is 19.3 Å². The van der Waals surface area contributed by atoms with Gasteiger partial charge in [-0.25, -0.2) is 4.39 Å². The van der Waals surface area contributed by atoms with Crippen molar-refractivity contribution in [3.63, 3.8) is 0 Å². The monoisotopic (exact) mass is 301 g/mol. The van der Waals surface area contributed by atoms with Crippen LogP contribution in [0.25, 0.3) is 11.1 Å². The summed E-state index contributed by atoms with van der Waals surface area (Å²) in [7, 11) is 0. The van der Waals surface area contributed by atoms with Crippen molar-refractivity contribution in [1.29, 1.82) is 0 Å². The first-order valence-electron chi connectivity index (χ1n) is 6.85. The van der Waals surface area contributed by atoms with Crippen LogP contribution in [0.4, 0.5) is 10.2 Å². The summed E-state index contributed by atoms with van der Waals surface area (Å²) in [5.41, 5.74) is 8.00. The Hall–Kier alpha value is -2.14. The number of hydrogen-bond donors (Lipinski definition) is 2. The third-order valence-electron chi connectivity index (χ3n) is 3.44. The second kappa shape index (κ2) is 6.10. The predicted molar refractivity (Wildman–Crippen MR) is 84.7 cm³/mol. The number of nitrogens with two attached hydrogens (primary N) is 1. The van der Waals surface area contributed by atoms with Crippen LogP contribution in [0.3, 0.4) is 0 Å². The predicted octanol–water partition coefficient (Wildman–Crippen LogP) is 4.03. The third-order valence-corrected chi connectivity index (χ3v) is 4.38. The molecule has 2 heterocycles. The normalized spacial score (nSPS) is 10.9. The highest BCUT2D eigenvalue weighted by molar-refractivity contribution is 7.09. The maximum Gasteiger partial charge on any atom is 0.153 e.